The predicted molar refractivity (Wildman–Crippen MR) is 78.3 cm³/mol. The number of para-hydroxylation sites is 1. The summed E-state index contributed by atoms with van der Waals surface area (Å²) in [6, 6.07) is 14.6. The Morgan fingerprint density at radius 2 is 1.81 bits per heavy atom. The maximum Gasteiger partial charge on any atom is 0.271 e. The molecule has 1 aromatic heterocycles. The average Bonchev–Trinajstić information content (AvgIpc) is 2.90. The van der Waals surface area contributed by atoms with E-state index >= 15 is 0 Å². The average molecular weight is 284 g/mol. The molecule has 0 aliphatic heterocycles. The van der Waals surface area contributed by atoms with E-state index in [1.807, 2.05) is 24.3 Å². The van der Waals surface area contributed by atoms with E-state index in [0.717, 1.165) is 5.56 Å². The number of rotatable bonds is 3. The van der Waals surface area contributed by atoms with Gasteiger partial charge in [0, 0.05) is 11.6 Å². The number of aromatic amines is 1. The highest BCUT2D eigenvalue weighted by Crippen LogP contribution is 2.27. The fraction of sp³-hybridized carbons (Fsp3) is 0.0625. The van der Waals surface area contributed by atoms with Crippen LogP contribution in [0.4, 0.5) is 4.39 Å². The Bertz CT molecular complexity index is 819. The minimum absolute atomic E-state index is 0.220. The third kappa shape index (κ3) is 2.45. The summed E-state index contributed by atoms with van der Waals surface area (Å²) in [5.41, 5.74) is 1.78. The molecular formula is C16H13FN2O2. The van der Waals surface area contributed by atoms with Gasteiger partial charge in [-0.3, -0.25) is 9.89 Å². The second kappa shape index (κ2) is 5.28. The molecule has 0 unspecified atom stereocenters. The van der Waals surface area contributed by atoms with Crippen molar-refractivity contribution in [3.05, 3.63) is 70.8 Å². The van der Waals surface area contributed by atoms with E-state index in [1.165, 1.54) is 22.9 Å². The first-order valence-electron chi connectivity index (χ1n) is 6.40. The van der Waals surface area contributed by atoms with Crippen LogP contribution >= 0.6 is 0 Å². The summed E-state index contributed by atoms with van der Waals surface area (Å²) in [5.74, 6) is 0.327. The van der Waals surface area contributed by atoms with E-state index in [1.54, 1.807) is 19.2 Å². The Morgan fingerprint density at radius 1 is 1.10 bits per heavy atom. The Morgan fingerprint density at radius 3 is 2.52 bits per heavy atom. The van der Waals surface area contributed by atoms with E-state index in [-0.39, 0.29) is 11.4 Å². The first-order chi connectivity index (χ1) is 10.2. The molecule has 3 aromatic rings. The monoisotopic (exact) mass is 284 g/mol. The summed E-state index contributed by atoms with van der Waals surface area (Å²) < 4.78 is 19.6. The van der Waals surface area contributed by atoms with Gasteiger partial charge < -0.3 is 4.74 Å². The number of benzene rings is 2. The Balaban J connectivity index is 2.10. The van der Waals surface area contributed by atoms with Crippen LogP contribution in [0.1, 0.15) is 0 Å². The molecule has 21 heavy (non-hydrogen) atoms. The van der Waals surface area contributed by atoms with Crippen LogP contribution in [0.15, 0.2) is 59.4 Å². The van der Waals surface area contributed by atoms with Crippen LogP contribution in [-0.4, -0.2) is 16.9 Å². The number of nitrogens with zero attached hydrogens (tertiary/aromatic N) is 1. The van der Waals surface area contributed by atoms with Crippen LogP contribution in [0.25, 0.3) is 16.9 Å². The number of halogens is 1. The van der Waals surface area contributed by atoms with Crippen molar-refractivity contribution in [2.45, 2.75) is 0 Å². The van der Waals surface area contributed by atoms with E-state index in [0.29, 0.717) is 17.1 Å². The fourth-order valence-corrected chi connectivity index (χ4v) is 2.18. The zero-order valence-corrected chi connectivity index (χ0v) is 11.3. The van der Waals surface area contributed by atoms with E-state index < -0.39 is 0 Å². The minimum Gasteiger partial charge on any atom is -0.496 e. The van der Waals surface area contributed by atoms with Crippen molar-refractivity contribution in [3.63, 3.8) is 0 Å². The Kier molecular flexibility index (Phi) is 3.31. The second-order valence-electron chi connectivity index (χ2n) is 4.52. The molecule has 0 aliphatic carbocycles. The van der Waals surface area contributed by atoms with Gasteiger partial charge >= 0.3 is 0 Å². The maximum absolute atomic E-state index is 13.0. The molecule has 1 N–H and O–H groups in total. The molecule has 5 heteroatoms. The molecule has 0 saturated carbocycles. The van der Waals surface area contributed by atoms with Crippen LogP contribution in [0.3, 0.4) is 0 Å². The Labute approximate surface area is 120 Å². The molecule has 0 fully saturated rings. The number of ether oxygens (including phenoxy) is 1. The Hall–Kier alpha value is -2.82. The lowest BCUT2D eigenvalue weighted by molar-refractivity contribution is 0.416. The summed E-state index contributed by atoms with van der Waals surface area (Å²) in [6.45, 7) is 0. The van der Waals surface area contributed by atoms with Crippen LogP contribution in [0, 0.1) is 5.82 Å². The van der Waals surface area contributed by atoms with Crippen molar-refractivity contribution in [1.82, 2.24) is 9.78 Å². The van der Waals surface area contributed by atoms with Gasteiger partial charge in [-0.05, 0) is 36.4 Å². The summed E-state index contributed by atoms with van der Waals surface area (Å²) in [5, 5.41) is 3.01. The highest BCUT2D eigenvalue weighted by molar-refractivity contribution is 5.66. The van der Waals surface area contributed by atoms with Gasteiger partial charge in [0.15, 0.2) is 0 Å². The number of hydrogen-bond donors (Lipinski definition) is 1. The van der Waals surface area contributed by atoms with Gasteiger partial charge in [0.1, 0.15) is 11.6 Å². The molecule has 4 nitrogen and oxygen atoms in total. The van der Waals surface area contributed by atoms with Crippen LogP contribution in [0.2, 0.25) is 0 Å². The minimum atomic E-state index is -0.344. The highest BCUT2D eigenvalue weighted by atomic mass is 19.1. The first kappa shape index (κ1) is 13.2. The largest absolute Gasteiger partial charge is 0.496 e. The van der Waals surface area contributed by atoms with E-state index in [2.05, 4.69) is 5.10 Å². The van der Waals surface area contributed by atoms with Crippen molar-refractivity contribution < 1.29 is 9.13 Å². The van der Waals surface area contributed by atoms with Crippen molar-refractivity contribution in [1.29, 1.82) is 0 Å². The van der Waals surface area contributed by atoms with Gasteiger partial charge in [0.2, 0.25) is 0 Å². The molecule has 0 saturated heterocycles. The van der Waals surface area contributed by atoms with E-state index in [9.17, 15) is 9.18 Å². The lowest BCUT2D eigenvalue weighted by Gasteiger charge is -2.06. The van der Waals surface area contributed by atoms with Crippen molar-refractivity contribution in [3.8, 4) is 22.7 Å². The predicted octanol–water partition coefficient (Wildman–Crippen LogP) is 2.98. The van der Waals surface area contributed by atoms with Crippen molar-refractivity contribution in [2.75, 3.05) is 7.11 Å². The summed E-state index contributed by atoms with van der Waals surface area (Å²) >= 11 is 0. The first-order valence-corrected chi connectivity index (χ1v) is 6.40. The smallest absolute Gasteiger partial charge is 0.271 e. The molecule has 1 heterocycles. The fourth-order valence-electron chi connectivity index (χ4n) is 2.18. The zero-order valence-electron chi connectivity index (χ0n) is 11.3. The summed E-state index contributed by atoms with van der Waals surface area (Å²) in [4.78, 5) is 12.1. The van der Waals surface area contributed by atoms with Crippen LogP contribution < -0.4 is 10.3 Å². The standard InChI is InChI=1S/C16H13FN2O2/c1-21-15-5-3-2-4-13(15)14-10-16(20)19(18-14)12-8-6-11(17)7-9-12/h2-10,18H,1H3. The normalized spacial score (nSPS) is 10.6. The molecule has 0 radical (unpaired) electrons. The molecule has 0 spiro atoms. The maximum atomic E-state index is 13.0. The molecule has 0 aliphatic rings. The molecule has 0 bridgehead atoms. The molecule has 3 rings (SSSR count). The number of methoxy groups -OCH3 is 1. The van der Waals surface area contributed by atoms with E-state index in [4.69, 9.17) is 4.74 Å². The van der Waals surface area contributed by atoms with Gasteiger partial charge in [-0.15, -0.1) is 0 Å². The molecule has 106 valence electrons. The number of H-pyrrole nitrogens is 1. The van der Waals surface area contributed by atoms with Gasteiger partial charge in [0.25, 0.3) is 5.56 Å². The van der Waals surface area contributed by atoms with Gasteiger partial charge in [-0.1, -0.05) is 12.1 Å². The van der Waals surface area contributed by atoms with Crippen molar-refractivity contribution in [2.24, 2.45) is 0 Å². The quantitative estimate of drug-likeness (QED) is 0.803. The lowest BCUT2D eigenvalue weighted by atomic mass is 10.1. The molecule has 0 atom stereocenters. The summed E-state index contributed by atoms with van der Waals surface area (Å²) in [7, 11) is 1.58. The molecule has 0 amide bonds. The third-order valence-corrected chi connectivity index (χ3v) is 3.20. The number of hydrogen-bond acceptors (Lipinski definition) is 2. The zero-order chi connectivity index (χ0) is 14.8. The van der Waals surface area contributed by atoms with Crippen LogP contribution in [0.5, 0.6) is 5.75 Å². The highest BCUT2D eigenvalue weighted by Gasteiger charge is 2.10. The van der Waals surface area contributed by atoms with Crippen molar-refractivity contribution >= 4 is 0 Å². The van der Waals surface area contributed by atoms with Gasteiger partial charge in [-0.25, -0.2) is 9.07 Å². The summed E-state index contributed by atoms with van der Waals surface area (Å²) in [6.07, 6.45) is 0. The second-order valence-corrected chi connectivity index (χ2v) is 4.52. The van der Waals surface area contributed by atoms with Gasteiger partial charge in [-0.2, -0.15) is 0 Å². The van der Waals surface area contributed by atoms with Crippen LogP contribution in [-0.2, 0) is 0 Å². The number of nitrogens with one attached hydrogen (secondary N) is 1. The molecule has 2 aromatic carbocycles. The molecular weight excluding hydrogens is 271 g/mol. The van der Waals surface area contributed by atoms with Gasteiger partial charge in [0.05, 0.1) is 18.5 Å². The SMILES string of the molecule is COc1ccccc1-c1cc(=O)n(-c2ccc(F)cc2)[nH]1. The number of aromatic nitrogens is 2. The lowest BCUT2D eigenvalue weighted by Crippen LogP contribution is -2.13. The third-order valence-electron chi connectivity index (χ3n) is 3.20. The topological polar surface area (TPSA) is 47.0 Å².